The first kappa shape index (κ1) is 22.0. The highest BCUT2D eigenvalue weighted by molar-refractivity contribution is 5.68. The highest BCUT2D eigenvalue weighted by Crippen LogP contribution is 2.37. The Kier molecular flexibility index (Phi) is 6.74. The van der Waals surface area contributed by atoms with Crippen molar-refractivity contribution >= 4 is 17.5 Å². The van der Waals surface area contributed by atoms with Crippen molar-refractivity contribution in [3.05, 3.63) is 64.7 Å². The molecule has 31 heavy (non-hydrogen) atoms. The van der Waals surface area contributed by atoms with Crippen molar-refractivity contribution in [2.45, 2.75) is 71.6 Å². The zero-order valence-electron chi connectivity index (χ0n) is 20.0. The molecular weight excluding hydrogens is 376 g/mol. The topological polar surface area (TPSA) is 15.3 Å². The van der Waals surface area contributed by atoms with Crippen molar-refractivity contribution in [1.82, 2.24) is 0 Å². The largest absolute Gasteiger partial charge is 0.385 e. The molecule has 0 saturated carbocycles. The van der Waals surface area contributed by atoms with Gasteiger partial charge in [0.15, 0.2) is 0 Å². The van der Waals surface area contributed by atoms with E-state index in [1.165, 1.54) is 62.0 Å². The van der Waals surface area contributed by atoms with Crippen LogP contribution in [-0.4, -0.2) is 19.6 Å². The summed E-state index contributed by atoms with van der Waals surface area (Å²) in [5.74, 6) is 0.726. The summed E-state index contributed by atoms with van der Waals surface area (Å²) in [5.41, 5.74) is 8.90. The average molecular weight is 417 g/mol. The fraction of sp³-hybridized carbons (Fsp3) is 0.517. The second-order valence-electron chi connectivity index (χ2n) is 10.5. The summed E-state index contributed by atoms with van der Waals surface area (Å²) in [4.78, 5) is 2.62. The van der Waals surface area contributed by atoms with Gasteiger partial charge >= 0.3 is 0 Å². The van der Waals surface area contributed by atoms with Crippen molar-refractivity contribution in [1.29, 1.82) is 0 Å². The van der Waals surface area contributed by atoms with Crippen LogP contribution in [0.25, 0.3) is 6.08 Å². The van der Waals surface area contributed by atoms with Crippen LogP contribution in [0.1, 0.15) is 75.6 Å². The number of aryl methyl sites for hydroxylation is 2. The van der Waals surface area contributed by atoms with Crippen molar-refractivity contribution in [3.63, 3.8) is 0 Å². The maximum absolute atomic E-state index is 3.69. The molecule has 1 N–H and O–H groups in total. The number of rotatable bonds is 8. The molecule has 0 fully saturated rings. The van der Waals surface area contributed by atoms with E-state index in [-0.39, 0.29) is 5.41 Å². The fourth-order valence-corrected chi connectivity index (χ4v) is 5.25. The smallest absolute Gasteiger partial charge is 0.0431 e. The first-order valence-corrected chi connectivity index (χ1v) is 12.3. The summed E-state index contributed by atoms with van der Waals surface area (Å²) in [6.45, 7) is 12.8. The van der Waals surface area contributed by atoms with Gasteiger partial charge in [-0.3, -0.25) is 0 Å². The van der Waals surface area contributed by atoms with Crippen LogP contribution in [0.4, 0.5) is 11.4 Å². The van der Waals surface area contributed by atoms with Gasteiger partial charge in [0.05, 0.1) is 0 Å². The Morgan fingerprint density at radius 3 is 2.39 bits per heavy atom. The quantitative estimate of drug-likeness (QED) is 0.488. The number of nitrogens with zero attached hydrogens (tertiary/aromatic N) is 1. The molecule has 2 aliphatic heterocycles. The normalized spacial score (nSPS) is 16.1. The third-order valence-electron chi connectivity index (χ3n) is 6.99. The minimum Gasteiger partial charge on any atom is -0.385 e. The second kappa shape index (κ2) is 9.51. The van der Waals surface area contributed by atoms with Crippen LogP contribution in [0.2, 0.25) is 0 Å². The molecule has 4 rings (SSSR count). The summed E-state index contributed by atoms with van der Waals surface area (Å²) in [7, 11) is 0. The minimum atomic E-state index is 0.0944. The average Bonchev–Trinajstić information content (AvgIpc) is 2.74. The van der Waals surface area contributed by atoms with Crippen molar-refractivity contribution in [2.24, 2.45) is 5.92 Å². The van der Waals surface area contributed by atoms with Crippen LogP contribution in [0.3, 0.4) is 0 Å². The molecule has 0 aliphatic carbocycles. The van der Waals surface area contributed by atoms with Gasteiger partial charge < -0.3 is 10.2 Å². The molecule has 0 saturated heterocycles. The number of hydrogen-bond acceptors (Lipinski definition) is 2. The zero-order valence-corrected chi connectivity index (χ0v) is 20.0. The third kappa shape index (κ3) is 5.17. The molecule has 2 aromatic carbocycles. The summed E-state index contributed by atoms with van der Waals surface area (Å²) in [6, 6.07) is 13.7. The molecule has 0 aromatic heterocycles. The summed E-state index contributed by atoms with van der Waals surface area (Å²) in [5, 5.41) is 3.69. The van der Waals surface area contributed by atoms with Gasteiger partial charge in [0.2, 0.25) is 0 Å². The standard InChI is InChI=1S/C29H40N2/c1-22(2)15-17-30-27-14-6-5-13-26(27)29(3,4)16-7-10-23-20-24-11-8-18-31-19-9-12-25(21-23)28(24)31/h5-7,10,13-14,20-22,30H,8-9,11-12,15-19H2,1-4H3/b10-7+. The number of para-hydroxylation sites is 1. The van der Waals surface area contributed by atoms with E-state index in [9.17, 15) is 0 Å². The van der Waals surface area contributed by atoms with Crippen LogP contribution in [0.5, 0.6) is 0 Å². The molecule has 2 heterocycles. The maximum Gasteiger partial charge on any atom is 0.0431 e. The highest BCUT2D eigenvalue weighted by Gasteiger charge is 2.24. The third-order valence-corrected chi connectivity index (χ3v) is 6.99. The molecule has 0 amide bonds. The van der Waals surface area contributed by atoms with Crippen molar-refractivity contribution in [2.75, 3.05) is 29.9 Å². The molecule has 2 aromatic rings. The van der Waals surface area contributed by atoms with Gasteiger partial charge in [0, 0.05) is 31.0 Å². The van der Waals surface area contributed by atoms with E-state index in [1.807, 2.05) is 0 Å². The Morgan fingerprint density at radius 2 is 1.71 bits per heavy atom. The van der Waals surface area contributed by atoms with Gasteiger partial charge in [-0.2, -0.15) is 0 Å². The lowest BCUT2D eigenvalue weighted by Gasteiger charge is -2.37. The zero-order chi connectivity index (χ0) is 21.8. The molecule has 2 heteroatoms. The number of hydrogen-bond donors (Lipinski definition) is 1. The lowest BCUT2D eigenvalue weighted by Crippen LogP contribution is -2.34. The lowest BCUT2D eigenvalue weighted by atomic mass is 9.80. The van der Waals surface area contributed by atoms with Crippen LogP contribution in [-0.2, 0) is 18.3 Å². The van der Waals surface area contributed by atoms with E-state index in [2.05, 4.69) is 86.5 Å². The monoisotopic (exact) mass is 416 g/mol. The molecule has 0 atom stereocenters. The van der Waals surface area contributed by atoms with Gasteiger partial charge in [-0.1, -0.05) is 58.0 Å². The number of nitrogens with one attached hydrogen (secondary N) is 1. The van der Waals surface area contributed by atoms with Gasteiger partial charge in [-0.05, 0) is 90.3 Å². The van der Waals surface area contributed by atoms with Gasteiger partial charge in [0.1, 0.15) is 0 Å². The minimum absolute atomic E-state index is 0.0944. The van der Waals surface area contributed by atoms with Gasteiger partial charge in [-0.25, -0.2) is 0 Å². The first-order valence-electron chi connectivity index (χ1n) is 12.3. The summed E-state index contributed by atoms with van der Waals surface area (Å²) in [6.07, 6.45) is 12.1. The van der Waals surface area contributed by atoms with E-state index in [1.54, 1.807) is 16.8 Å². The molecule has 2 aliphatic rings. The highest BCUT2D eigenvalue weighted by atomic mass is 15.1. The van der Waals surface area contributed by atoms with Crippen LogP contribution in [0.15, 0.2) is 42.5 Å². The number of allylic oxidation sites excluding steroid dienone is 1. The van der Waals surface area contributed by atoms with E-state index in [0.29, 0.717) is 0 Å². The number of anilines is 2. The first-order chi connectivity index (χ1) is 14.9. The Morgan fingerprint density at radius 1 is 1.03 bits per heavy atom. The predicted octanol–water partition coefficient (Wildman–Crippen LogP) is 7.22. The molecule has 0 spiro atoms. The number of benzene rings is 2. The van der Waals surface area contributed by atoms with Gasteiger partial charge in [0.25, 0.3) is 0 Å². The Bertz CT molecular complexity index is 891. The van der Waals surface area contributed by atoms with E-state index >= 15 is 0 Å². The van der Waals surface area contributed by atoms with Crippen LogP contribution in [0, 0.1) is 5.92 Å². The molecule has 0 bridgehead atoms. The summed E-state index contributed by atoms with van der Waals surface area (Å²) >= 11 is 0. The lowest BCUT2D eigenvalue weighted by molar-refractivity contribution is 0.535. The molecule has 0 radical (unpaired) electrons. The SMILES string of the molecule is CC(C)CCNc1ccccc1C(C)(C)C/C=C/c1cc2c3c(c1)CCCN3CCC2. The fourth-order valence-electron chi connectivity index (χ4n) is 5.25. The molecule has 166 valence electrons. The van der Waals surface area contributed by atoms with E-state index in [4.69, 9.17) is 0 Å². The Balaban J connectivity index is 1.48. The van der Waals surface area contributed by atoms with E-state index in [0.717, 1.165) is 18.9 Å². The van der Waals surface area contributed by atoms with E-state index < -0.39 is 0 Å². The predicted molar refractivity (Wildman–Crippen MR) is 136 cm³/mol. The Hall–Kier alpha value is -2.22. The van der Waals surface area contributed by atoms with Crippen molar-refractivity contribution in [3.8, 4) is 0 Å². The van der Waals surface area contributed by atoms with Crippen LogP contribution >= 0.6 is 0 Å². The molecule has 2 nitrogen and oxygen atoms in total. The maximum atomic E-state index is 3.69. The van der Waals surface area contributed by atoms with Crippen molar-refractivity contribution < 1.29 is 0 Å². The molecular formula is C29H40N2. The Labute approximate surface area is 189 Å². The molecule has 0 unspecified atom stereocenters. The summed E-state index contributed by atoms with van der Waals surface area (Å²) < 4.78 is 0. The van der Waals surface area contributed by atoms with Crippen LogP contribution < -0.4 is 10.2 Å². The second-order valence-corrected chi connectivity index (χ2v) is 10.5. The van der Waals surface area contributed by atoms with Gasteiger partial charge in [-0.15, -0.1) is 0 Å².